The molecule has 0 spiro atoms. The van der Waals surface area contributed by atoms with Crippen LogP contribution < -0.4 is 4.31 Å². The largest absolute Gasteiger partial charge is 0.464 e. The third-order valence-electron chi connectivity index (χ3n) is 1.89. The summed E-state index contributed by atoms with van der Waals surface area (Å²) in [4.78, 5) is 10.7. The van der Waals surface area contributed by atoms with E-state index in [2.05, 4.69) is 10.2 Å². The second kappa shape index (κ2) is 4.52. The molecule has 1 N–H and O–H groups in total. The minimum Gasteiger partial charge on any atom is -0.464 e. The number of carbonyl (C=O) groups is 1. The molecule has 0 saturated carbocycles. The van der Waals surface area contributed by atoms with Crippen molar-refractivity contribution in [2.45, 2.75) is 0 Å². The van der Waals surface area contributed by atoms with Crippen LogP contribution >= 0.6 is 35.3 Å². The number of anilines is 1. The first-order chi connectivity index (χ1) is 7.58. The highest BCUT2D eigenvalue weighted by Crippen LogP contribution is 2.34. The van der Waals surface area contributed by atoms with E-state index >= 15 is 0 Å². The molecule has 1 aliphatic rings. The van der Waals surface area contributed by atoms with Crippen LogP contribution in [0.2, 0.25) is 10.3 Å². The lowest BCUT2D eigenvalue weighted by atomic mass is 10.4. The van der Waals surface area contributed by atoms with Gasteiger partial charge < -0.3 is 5.11 Å². The van der Waals surface area contributed by atoms with Crippen LogP contribution in [-0.2, 0) is 0 Å². The Morgan fingerprint density at radius 3 is 2.81 bits per heavy atom. The number of amides is 1. The average molecular weight is 281 g/mol. The highest BCUT2D eigenvalue weighted by molar-refractivity contribution is 7.99. The summed E-state index contributed by atoms with van der Waals surface area (Å²) in [6.45, 7) is 0.926. The molecule has 1 aromatic heterocycles. The molecule has 1 aromatic rings. The second-order valence-corrected chi connectivity index (χ2v) is 4.70. The predicted octanol–water partition coefficient (Wildman–Crippen LogP) is 2.15. The molecule has 0 bridgehead atoms. The van der Waals surface area contributed by atoms with Crippen molar-refractivity contribution in [1.29, 1.82) is 0 Å². The van der Waals surface area contributed by atoms with Crippen molar-refractivity contribution >= 4 is 47.1 Å². The number of nitrogens with zero attached hydrogens (tertiary/aromatic N) is 4. The van der Waals surface area contributed by atoms with E-state index in [1.54, 1.807) is 10.4 Å². The summed E-state index contributed by atoms with van der Waals surface area (Å²) >= 11 is 12.6. The van der Waals surface area contributed by atoms with E-state index in [0.29, 0.717) is 18.8 Å². The molecule has 0 radical (unpaired) electrons. The molecule has 6 nitrogen and oxygen atoms in total. The molecule has 1 saturated heterocycles. The quantitative estimate of drug-likeness (QED) is 0.795. The van der Waals surface area contributed by atoms with E-state index in [4.69, 9.17) is 28.3 Å². The summed E-state index contributed by atoms with van der Waals surface area (Å²) in [6.07, 6.45) is -0.989. The third kappa shape index (κ3) is 2.26. The van der Waals surface area contributed by atoms with Crippen LogP contribution in [0.3, 0.4) is 0 Å². The van der Waals surface area contributed by atoms with Gasteiger partial charge in [-0.1, -0.05) is 23.2 Å². The molecule has 9 heteroatoms. The summed E-state index contributed by atoms with van der Waals surface area (Å²) in [5.74, 6) is 0. The number of hydrogen-bond donors (Lipinski definition) is 1. The zero-order chi connectivity index (χ0) is 11.7. The Kier molecular flexibility index (Phi) is 3.27. The Balaban J connectivity index is 2.20. The first-order valence-electron chi connectivity index (χ1n) is 4.23. The second-order valence-electron chi connectivity index (χ2n) is 2.91. The van der Waals surface area contributed by atoms with Gasteiger partial charge in [0.2, 0.25) is 0 Å². The zero-order valence-electron chi connectivity index (χ0n) is 7.80. The maximum absolute atomic E-state index is 10.7. The summed E-state index contributed by atoms with van der Waals surface area (Å²) in [7, 11) is 0. The molecule has 2 rings (SSSR count). The molecule has 0 aromatic carbocycles. The van der Waals surface area contributed by atoms with Crippen molar-refractivity contribution < 1.29 is 9.90 Å². The Morgan fingerprint density at radius 1 is 1.44 bits per heavy atom. The molecule has 86 valence electrons. The number of halogens is 2. The van der Waals surface area contributed by atoms with Crippen molar-refractivity contribution in [3.8, 4) is 0 Å². The minimum absolute atomic E-state index is 0.198. The fraction of sp³-hybridized carbons (Fsp3) is 0.286. The maximum atomic E-state index is 10.7. The topological polar surface area (TPSA) is 69.6 Å². The first-order valence-corrected chi connectivity index (χ1v) is 5.71. The summed E-state index contributed by atoms with van der Waals surface area (Å²) in [5.41, 5.74) is 0.565. The normalized spacial score (nSPS) is 15.6. The van der Waals surface area contributed by atoms with Crippen molar-refractivity contribution in [2.24, 2.45) is 0 Å². The van der Waals surface area contributed by atoms with Crippen LogP contribution in [0.25, 0.3) is 0 Å². The highest BCUT2D eigenvalue weighted by Gasteiger charge is 2.27. The molecular formula is C7H6Cl2N4O2S. The van der Waals surface area contributed by atoms with E-state index in [9.17, 15) is 4.79 Å². The Bertz CT molecular complexity index is 433. The average Bonchev–Trinajstić information content (AvgIpc) is 2.70. The monoisotopic (exact) mass is 280 g/mol. The number of rotatable bonds is 1. The lowest BCUT2D eigenvalue weighted by Gasteiger charge is -2.16. The van der Waals surface area contributed by atoms with Gasteiger partial charge in [-0.25, -0.2) is 9.10 Å². The number of carboxylic acid groups (broad SMARTS) is 1. The number of aromatic nitrogens is 2. The lowest BCUT2D eigenvalue weighted by Crippen LogP contribution is -2.19. The molecule has 0 unspecified atom stereocenters. The molecule has 1 amide bonds. The standard InChI is InChI=1S/C7H6Cl2N4O2S/c8-5-3-4(6(9)11-10-5)12-1-2-13(16-12)7(14)15/h3H,1-2H2,(H,14,15). The smallest absolute Gasteiger partial charge is 0.418 e. The lowest BCUT2D eigenvalue weighted by molar-refractivity contribution is 0.177. The first kappa shape index (κ1) is 11.6. The Labute approximate surface area is 105 Å². The van der Waals surface area contributed by atoms with Gasteiger partial charge in [-0.05, 0) is 0 Å². The van der Waals surface area contributed by atoms with Crippen molar-refractivity contribution in [1.82, 2.24) is 14.5 Å². The summed E-state index contributed by atoms with van der Waals surface area (Å²) in [6, 6.07) is 1.55. The minimum atomic E-state index is -0.989. The van der Waals surface area contributed by atoms with Crippen LogP contribution in [0.5, 0.6) is 0 Å². The maximum Gasteiger partial charge on any atom is 0.418 e. The molecule has 2 heterocycles. The molecule has 0 aliphatic carbocycles. The van der Waals surface area contributed by atoms with Crippen molar-refractivity contribution in [3.63, 3.8) is 0 Å². The van der Waals surface area contributed by atoms with E-state index in [1.807, 2.05) is 0 Å². The fourth-order valence-corrected chi connectivity index (χ4v) is 2.44. The summed E-state index contributed by atoms with van der Waals surface area (Å²) < 4.78 is 2.90. The van der Waals surface area contributed by atoms with Crippen LogP contribution in [0.4, 0.5) is 10.5 Å². The zero-order valence-corrected chi connectivity index (χ0v) is 10.1. The van der Waals surface area contributed by atoms with Gasteiger partial charge in [0.05, 0.1) is 30.9 Å². The van der Waals surface area contributed by atoms with Crippen LogP contribution in [0, 0.1) is 0 Å². The predicted molar refractivity (Wildman–Crippen MR) is 61.7 cm³/mol. The van der Waals surface area contributed by atoms with Gasteiger partial charge >= 0.3 is 6.09 Å². The summed E-state index contributed by atoms with van der Waals surface area (Å²) in [5, 5.41) is 16.4. The SMILES string of the molecule is O=C(O)N1CCN(c2cc(Cl)nnc2Cl)S1. The Morgan fingerprint density at radius 2 is 2.19 bits per heavy atom. The fourth-order valence-electron chi connectivity index (χ4n) is 1.20. The van der Waals surface area contributed by atoms with Gasteiger partial charge in [-0.3, -0.25) is 4.31 Å². The van der Waals surface area contributed by atoms with Gasteiger partial charge in [-0.15, -0.1) is 10.2 Å². The van der Waals surface area contributed by atoms with Crippen LogP contribution in [0.1, 0.15) is 0 Å². The van der Waals surface area contributed by atoms with Gasteiger partial charge in [0.1, 0.15) is 0 Å². The molecule has 16 heavy (non-hydrogen) atoms. The van der Waals surface area contributed by atoms with Gasteiger partial charge in [0.15, 0.2) is 10.3 Å². The third-order valence-corrected chi connectivity index (χ3v) is 3.45. The van der Waals surface area contributed by atoms with Gasteiger partial charge in [-0.2, -0.15) is 0 Å². The van der Waals surface area contributed by atoms with Crippen molar-refractivity contribution in [2.75, 3.05) is 17.4 Å². The highest BCUT2D eigenvalue weighted by atomic mass is 35.5. The van der Waals surface area contributed by atoms with Gasteiger partial charge in [0, 0.05) is 6.07 Å². The van der Waals surface area contributed by atoms with E-state index in [1.165, 1.54) is 4.31 Å². The van der Waals surface area contributed by atoms with Crippen LogP contribution in [0.15, 0.2) is 6.07 Å². The Hall–Kier alpha value is -0.920. The molecule has 1 aliphatic heterocycles. The van der Waals surface area contributed by atoms with E-state index in [0.717, 1.165) is 12.1 Å². The van der Waals surface area contributed by atoms with Gasteiger partial charge in [0.25, 0.3) is 0 Å². The molecule has 1 fully saturated rings. The van der Waals surface area contributed by atoms with E-state index < -0.39 is 6.09 Å². The number of hydrogen-bond acceptors (Lipinski definition) is 5. The van der Waals surface area contributed by atoms with E-state index in [-0.39, 0.29) is 10.3 Å². The molecular weight excluding hydrogens is 275 g/mol. The van der Waals surface area contributed by atoms with Crippen LogP contribution in [-0.4, -0.2) is 38.8 Å². The van der Waals surface area contributed by atoms with Crippen molar-refractivity contribution in [3.05, 3.63) is 16.4 Å². The molecule has 0 atom stereocenters.